The first-order valence-corrected chi connectivity index (χ1v) is 11.4. The van der Waals surface area contributed by atoms with Gasteiger partial charge in [0.05, 0.1) is 10.0 Å². The van der Waals surface area contributed by atoms with Crippen LogP contribution in [0.5, 0.6) is 0 Å². The first-order valence-electron chi connectivity index (χ1n) is 10.6. The molecular formula is C24H26BrF5. The summed E-state index contributed by atoms with van der Waals surface area (Å²) in [5.41, 5.74) is -0.617. The molecule has 1 saturated carbocycles. The van der Waals surface area contributed by atoms with E-state index in [4.69, 9.17) is 0 Å². The number of halogens is 6. The Balaban J connectivity index is 1.87. The lowest BCUT2D eigenvalue weighted by Crippen LogP contribution is -2.15. The fourth-order valence-electron chi connectivity index (χ4n) is 4.56. The predicted molar refractivity (Wildman–Crippen MR) is 113 cm³/mol. The van der Waals surface area contributed by atoms with Crippen molar-refractivity contribution in [3.63, 3.8) is 0 Å². The highest BCUT2D eigenvalue weighted by Gasteiger charge is 2.29. The minimum absolute atomic E-state index is 0.0983. The molecule has 0 aliphatic heterocycles. The van der Waals surface area contributed by atoms with Crippen LogP contribution in [0, 0.1) is 23.4 Å². The molecule has 0 aromatic heterocycles. The van der Waals surface area contributed by atoms with Crippen LogP contribution in [-0.2, 0) is 0 Å². The normalized spacial score (nSPS) is 19.5. The fourth-order valence-corrected chi connectivity index (χ4v) is 4.79. The van der Waals surface area contributed by atoms with Crippen LogP contribution in [-0.4, -0.2) is 0 Å². The van der Waals surface area contributed by atoms with Crippen molar-refractivity contribution >= 4 is 15.9 Å². The van der Waals surface area contributed by atoms with Crippen LogP contribution in [0.2, 0.25) is 0 Å². The largest absolute Gasteiger partial charge is 0.266 e. The second-order valence-electron chi connectivity index (χ2n) is 8.20. The Kier molecular flexibility index (Phi) is 7.94. The Morgan fingerprint density at radius 1 is 0.967 bits per heavy atom. The molecule has 0 spiro atoms. The van der Waals surface area contributed by atoms with Crippen LogP contribution in [0.15, 0.2) is 28.7 Å². The monoisotopic (exact) mass is 488 g/mol. The van der Waals surface area contributed by atoms with E-state index in [1.165, 1.54) is 31.4 Å². The third-order valence-corrected chi connectivity index (χ3v) is 6.99. The third kappa shape index (κ3) is 5.06. The maximum absolute atomic E-state index is 15.1. The molecule has 2 aromatic rings. The van der Waals surface area contributed by atoms with E-state index >= 15 is 4.39 Å². The Morgan fingerprint density at radius 3 is 2.17 bits per heavy atom. The van der Waals surface area contributed by atoms with Crippen molar-refractivity contribution in [1.29, 1.82) is 0 Å². The molecule has 1 fully saturated rings. The van der Waals surface area contributed by atoms with Gasteiger partial charge in [-0.15, -0.1) is 0 Å². The van der Waals surface area contributed by atoms with E-state index in [1.807, 2.05) is 0 Å². The zero-order valence-electron chi connectivity index (χ0n) is 17.0. The highest BCUT2D eigenvalue weighted by molar-refractivity contribution is 9.10. The number of rotatable bonds is 7. The molecule has 0 heterocycles. The fraction of sp³-hybridized carbons (Fsp3) is 0.500. The molecule has 3 rings (SSSR count). The Bertz CT molecular complexity index is 849. The highest BCUT2D eigenvalue weighted by Crippen LogP contribution is 2.43. The van der Waals surface area contributed by atoms with Gasteiger partial charge in [-0.1, -0.05) is 44.7 Å². The number of hydrogen-bond donors (Lipinski definition) is 0. The van der Waals surface area contributed by atoms with Crippen LogP contribution in [0.4, 0.5) is 22.0 Å². The molecule has 30 heavy (non-hydrogen) atoms. The van der Waals surface area contributed by atoms with Crippen molar-refractivity contribution in [3.05, 3.63) is 57.3 Å². The van der Waals surface area contributed by atoms with E-state index in [0.717, 1.165) is 44.2 Å². The SMILES string of the molecule is CCCCCC1CCC(c2ccc(-c3cc(F)c(Br)c(F)c3)c(F)c2C(F)F)CC1. The number of alkyl halides is 2. The Labute approximate surface area is 183 Å². The molecule has 0 nitrogen and oxygen atoms in total. The van der Waals surface area contributed by atoms with Crippen molar-refractivity contribution in [3.8, 4) is 11.1 Å². The van der Waals surface area contributed by atoms with Crippen LogP contribution in [0.1, 0.15) is 81.8 Å². The standard InChI is InChI=1S/C24H26BrF5/c1-2-3-4-5-14-6-8-15(9-7-14)17-10-11-18(23(28)21(17)24(29)30)16-12-19(26)22(25)20(27)13-16/h10-15,24H,2-9H2,1H3. The Morgan fingerprint density at radius 2 is 1.60 bits per heavy atom. The van der Waals surface area contributed by atoms with E-state index in [2.05, 4.69) is 22.9 Å². The zero-order valence-corrected chi connectivity index (χ0v) is 18.6. The van der Waals surface area contributed by atoms with Crippen molar-refractivity contribution in [2.24, 2.45) is 5.92 Å². The predicted octanol–water partition coefficient (Wildman–Crippen LogP) is 9.33. The summed E-state index contributed by atoms with van der Waals surface area (Å²) in [4.78, 5) is 0. The molecule has 0 unspecified atom stereocenters. The molecule has 0 radical (unpaired) electrons. The molecule has 0 saturated heterocycles. The molecule has 2 aromatic carbocycles. The van der Waals surface area contributed by atoms with E-state index in [0.29, 0.717) is 11.5 Å². The van der Waals surface area contributed by atoms with Gasteiger partial charge >= 0.3 is 0 Å². The molecule has 0 N–H and O–H groups in total. The summed E-state index contributed by atoms with van der Waals surface area (Å²) in [5, 5.41) is 0. The molecular weight excluding hydrogens is 463 g/mol. The summed E-state index contributed by atoms with van der Waals surface area (Å²) < 4.78 is 70.2. The summed E-state index contributed by atoms with van der Waals surface area (Å²) in [6.07, 6.45) is 5.19. The maximum atomic E-state index is 15.1. The van der Waals surface area contributed by atoms with Gasteiger partial charge < -0.3 is 0 Å². The quantitative estimate of drug-likeness (QED) is 0.207. The van der Waals surface area contributed by atoms with Gasteiger partial charge in [0.2, 0.25) is 0 Å². The molecule has 0 bridgehead atoms. The van der Waals surface area contributed by atoms with Gasteiger partial charge in [-0.3, -0.25) is 0 Å². The number of hydrogen-bond acceptors (Lipinski definition) is 0. The third-order valence-electron chi connectivity index (χ3n) is 6.23. The second kappa shape index (κ2) is 10.3. The Hall–Kier alpha value is -1.43. The van der Waals surface area contributed by atoms with Crippen LogP contribution >= 0.6 is 15.9 Å². The lowest BCUT2D eigenvalue weighted by molar-refractivity contribution is 0.143. The maximum Gasteiger partial charge on any atom is 0.266 e. The number of unbranched alkanes of at least 4 members (excludes halogenated alkanes) is 2. The van der Waals surface area contributed by atoms with Crippen molar-refractivity contribution in [1.82, 2.24) is 0 Å². The van der Waals surface area contributed by atoms with Crippen molar-refractivity contribution in [2.75, 3.05) is 0 Å². The van der Waals surface area contributed by atoms with Gasteiger partial charge in [0.1, 0.15) is 17.5 Å². The average Bonchev–Trinajstić information content (AvgIpc) is 2.72. The van der Waals surface area contributed by atoms with Gasteiger partial charge in [0, 0.05) is 5.56 Å². The van der Waals surface area contributed by atoms with Crippen LogP contribution in [0.25, 0.3) is 11.1 Å². The summed E-state index contributed by atoms with van der Waals surface area (Å²) in [6, 6.07) is 4.77. The van der Waals surface area contributed by atoms with Gasteiger partial charge in [0.25, 0.3) is 6.43 Å². The topological polar surface area (TPSA) is 0 Å². The molecule has 6 heteroatoms. The first-order chi connectivity index (χ1) is 14.3. The van der Waals surface area contributed by atoms with Crippen LogP contribution in [0.3, 0.4) is 0 Å². The van der Waals surface area contributed by atoms with E-state index < -0.39 is 29.4 Å². The summed E-state index contributed by atoms with van der Waals surface area (Å²) in [7, 11) is 0. The van der Waals surface area contributed by atoms with E-state index in [1.54, 1.807) is 0 Å². The van der Waals surface area contributed by atoms with E-state index in [-0.39, 0.29) is 21.5 Å². The molecule has 0 atom stereocenters. The lowest BCUT2D eigenvalue weighted by Gasteiger charge is -2.30. The average molecular weight is 489 g/mol. The summed E-state index contributed by atoms with van der Waals surface area (Å²) in [6.45, 7) is 2.16. The minimum Gasteiger partial charge on any atom is -0.206 e. The van der Waals surface area contributed by atoms with E-state index in [9.17, 15) is 17.6 Å². The minimum atomic E-state index is -2.99. The van der Waals surface area contributed by atoms with Gasteiger partial charge in [-0.05, 0) is 76.7 Å². The molecule has 0 amide bonds. The van der Waals surface area contributed by atoms with Crippen molar-refractivity contribution < 1.29 is 22.0 Å². The molecule has 1 aliphatic rings. The summed E-state index contributed by atoms with van der Waals surface area (Å²) >= 11 is 2.77. The highest BCUT2D eigenvalue weighted by atomic mass is 79.9. The smallest absolute Gasteiger partial charge is 0.206 e. The molecule has 164 valence electrons. The lowest BCUT2D eigenvalue weighted by atomic mass is 9.75. The zero-order chi connectivity index (χ0) is 21.8. The molecule has 1 aliphatic carbocycles. The van der Waals surface area contributed by atoms with Gasteiger partial charge in [0.15, 0.2) is 0 Å². The summed E-state index contributed by atoms with van der Waals surface area (Å²) in [5.74, 6) is -2.41. The first kappa shape index (κ1) is 23.2. The number of benzene rings is 2. The second-order valence-corrected chi connectivity index (χ2v) is 8.99. The van der Waals surface area contributed by atoms with Gasteiger partial charge in [-0.25, -0.2) is 22.0 Å². The van der Waals surface area contributed by atoms with Gasteiger partial charge in [-0.2, -0.15) is 0 Å². The van der Waals surface area contributed by atoms with Crippen LogP contribution < -0.4 is 0 Å². The van der Waals surface area contributed by atoms with Crippen molar-refractivity contribution in [2.45, 2.75) is 70.6 Å².